The van der Waals surface area contributed by atoms with Crippen LogP contribution in [-0.4, -0.2) is 19.8 Å². The van der Waals surface area contributed by atoms with Crippen molar-refractivity contribution in [3.8, 4) is 0 Å². The summed E-state index contributed by atoms with van der Waals surface area (Å²) in [5, 5.41) is 0. The first kappa shape index (κ1) is 6.80. The van der Waals surface area contributed by atoms with Crippen molar-refractivity contribution in [2.45, 2.75) is 6.92 Å². The molecule has 3 saturated heterocycles. The summed E-state index contributed by atoms with van der Waals surface area (Å²) in [5.74, 6) is 0. The van der Waals surface area contributed by atoms with Crippen molar-refractivity contribution in [1.29, 1.82) is 0 Å². The second-order valence-corrected chi connectivity index (χ2v) is 4.75. The summed E-state index contributed by atoms with van der Waals surface area (Å²) in [4.78, 5) is 0. The van der Waals surface area contributed by atoms with Crippen LogP contribution in [0, 0.1) is 5.41 Å². The minimum atomic E-state index is -3.07. The Balaban J connectivity index is 2.24. The average molecular weight is 164 g/mol. The van der Waals surface area contributed by atoms with Crippen LogP contribution in [-0.2, 0) is 18.1 Å². The number of hydrogen-bond donors (Lipinski definition) is 0. The van der Waals surface area contributed by atoms with Crippen LogP contribution in [0.1, 0.15) is 6.92 Å². The maximum absolute atomic E-state index is 11.1. The van der Waals surface area contributed by atoms with Crippen LogP contribution in [0.25, 0.3) is 0 Å². The Bertz CT molecular complexity index is 171. The van der Waals surface area contributed by atoms with Crippen LogP contribution in [0.3, 0.4) is 0 Å². The fraction of sp³-hybridized carbons (Fsp3) is 1.00. The van der Waals surface area contributed by atoms with Gasteiger partial charge < -0.3 is 0 Å². The molecular formula is C5H9O4P. The molecule has 5 heteroatoms. The summed E-state index contributed by atoms with van der Waals surface area (Å²) in [5.41, 5.74) is -0.0772. The molecule has 0 atom stereocenters. The SMILES string of the molecule is CC12COP(=O)(OC1)OC2. The standard InChI is InChI=1S/C5H9O4P/c1-5-2-7-10(6,8-3-5)9-4-5/h2-4H2,1H3. The molecule has 0 radical (unpaired) electrons. The number of phosphoric ester groups is 1. The largest absolute Gasteiger partial charge is 0.474 e. The molecular weight excluding hydrogens is 155 g/mol. The third-order valence-electron chi connectivity index (χ3n) is 1.71. The van der Waals surface area contributed by atoms with Crippen LogP contribution in [0.4, 0.5) is 0 Å². The molecule has 3 aliphatic rings. The smallest absolute Gasteiger partial charge is 0.286 e. The predicted molar refractivity (Wildman–Crippen MR) is 33.6 cm³/mol. The lowest BCUT2D eigenvalue weighted by Crippen LogP contribution is -2.41. The summed E-state index contributed by atoms with van der Waals surface area (Å²) in [7, 11) is -3.07. The quantitative estimate of drug-likeness (QED) is 0.504. The van der Waals surface area contributed by atoms with E-state index in [1.165, 1.54) is 0 Å². The molecule has 0 N–H and O–H groups in total. The van der Waals surface area contributed by atoms with E-state index in [0.29, 0.717) is 19.8 Å². The molecule has 0 aromatic carbocycles. The van der Waals surface area contributed by atoms with E-state index < -0.39 is 7.82 Å². The maximum Gasteiger partial charge on any atom is 0.474 e. The zero-order valence-electron chi connectivity index (χ0n) is 5.70. The molecule has 0 spiro atoms. The molecule has 0 amide bonds. The van der Waals surface area contributed by atoms with Crippen molar-refractivity contribution in [2.75, 3.05) is 19.8 Å². The number of phosphoric acid groups is 1. The minimum Gasteiger partial charge on any atom is -0.286 e. The Morgan fingerprint density at radius 3 is 1.90 bits per heavy atom. The highest BCUT2D eigenvalue weighted by Crippen LogP contribution is 2.59. The van der Waals surface area contributed by atoms with Gasteiger partial charge in [0, 0.05) is 5.41 Å². The average Bonchev–Trinajstić information content (AvgIpc) is 1.93. The maximum atomic E-state index is 11.1. The first-order chi connectivity index (χ1) is 4.62. The third kappa shape index (κ3) is 0.920. The van der Waals surface area contributed by atoms with Crippen molar-refractivity contribution in [2.24, 2.45) is 5.41 Å². The van der Waals surface area contributed by atoms with Gasteiger partial charge in [0.25, 0.3) is 0 Å². The number of hydrogen-bond acceptors (Lipinski definition) is 4. The lowest BCUT2D eigenvalue weighted by Gasteiger charge is -2.41. The van der Waals surface area contributed by atoms with E-state index in [0.717, 1.165) is 0 Å². The second-order valence-electron chi connectivity index (χ2n) is 3.08. The van der Waals surface area contributed by atoms with Crippen molar-refractivity contribution in [3.05, 3.63) is 0 Å². The third-order valence-corrected chi connectivity index (χ3v) is 3.05. The van der Waals surface area contributed by atoms with Gasteiger partial charge in [0.05, 0.1) is 19.8 Å². The molecule has 0 aliphatic carbocycles. The normalized spacial score (nSPS) is 53.3. The highest BCUT2D eigenvalue weighted by molar-refractivity contribution is 7.48. The molecule has 0 saturated carbocycles. The van der Waals surface area contributed by atoms with Gasteiger partial charge in [0.1, 0.15) is 0 Å². The Morgan fingerprint density at radius 2 is 1.60 bits per heavy atom. The molecule has 10 heavy (non-hydrogen) atoms. The van der Waals surface area contributed by atoms with E-state index in [4.69, 9.17) is 13.6 Å². The van der Waals surface area contributed by atoms with Crippen molar-refractivity contribution >= 4 is 7.82 Å². The van der Waals surface area contributed by atoms with Gasteiger partial charge in [-0.05, 0) is 0 Å². The Kier molecular flexibility index (Phi) is 1.24. The zero-order valence-corrected chi connectivity index (χ0v) is 6.60. The van der Waals surface area contributed by atoms with Crippen LogP contribution in [0.5, 0.6) is 0 Å². The zero-order chi connectivity index (χ0) is 7.24. The van der Waals surface area contributed by atoms with Crippen molar-refractivity contribution in [1.82, 2.24) is 0 Å². The molecule has 4 nitrogen and oxygen atoms in total. The lowest BCUT2D eigenvalue weighted by atomic mass is 9.95. The van der Waals surface area contributed by atoms with Gasteiger partial charge in [-0.3, -0.25) is 13.6 Å². The molecule has 3 aliphatic heterocycles. The fourth-order valence-corrected chi connectivity index (χ4v) is 2.57. The van der Waals surface area contributed by atoms with E-state index in [9.17, 15) is 4.57 Å². The molecule has 0 unspecified atom stereocenters. The summed E-state index contributed by atoms with van der Waals surface area (Å²) in [6.07, 6.45) is 0. The van der Waals surface area contributed by atoms with Gasteiger partial charge in [-0.15, -0.1) is 0 Å². The first-order valence-corrected chi connectivity index (χ1v) is 4.62. The monoisotopic (exact) mass is 164 g/mol. The summed E-state index contributed by atoms with van der Waals surface area (Å²) >= 11 is 0. The van der Waals surface area contributed by atoms with Crippen LogP contribution >= 0.6 is 7.82 Å². The summed E-state index contributed by atoms with van der Waals surface area (Å²) in [6, 6.07) is 0. The second kappa shape index (κ2) is 1.83. The van der Waals surface area contributed by atoms with E-state index in [1.807, 2.05) is 6.92 Å². The molecule has 2 bridgehead atoms. The van der Waals surface area contributed by atoms with Gasteiger partial charge in [-0.25, -0.2) is 4.57 Å². The highest BCUT2D eigenvalue weighted by atomic mass is 31.2. The molecule has 3 fully saturated rings. The predicted octanol–water partition coefficient (Wildman–Crippen LogP) is 1.18. The molecule has 0 aromatic rings. The summed E-state index contributed by atoms with van der Waals surface area (Å²) in [6.45, 7) is 3.45. The Labute approximate surface area is 59.1 Å². The highest BCUT2D eigenvalue weighted by Gasteiger charge is 2.47. The van der Waals surface area contributed by atoms with Crippen LogP contribution in [0.2, 0.25) is 0 Å². The van der Waals surface area contributed by atoms with Gasteiger partial charge in [-0.2, -0.15) is 0 Å². The number of fused-ring (bicyclic) bond motifs is 3. The van der Waals surface area contributed by atoms with Crippen molar-refractivity contribution in [3.63, 3.8) is 0 Å². The van der Waals surface area contributed by atoms with E-state index in [1.54, 1.807) is 0 Å². The Hall–Kier alpha value is 0.110. The van der Waals surface area contributed by atoms with Crippen LogP contribution in [0.15, 0.2) is 0 Å². The van der Waals surface area contributed by atoms with Gasteiger partial charge >= 0.3 is 7.82 Å². The fourth-order valence-electron chi connectivity index (χ4n) is 0.941. The van der Waals surface area contributed by atoms with Gasteiger partial charge in [0.2, 0.25) is 0 Å². The Morgan fingerprint density at radius 1 is 1.20 bits per heavy atom. The van der Waals surface area contributed by atoms with E-state index >= 15 is 0 Å². The topological polar surface area (TPSA) is 44.8 Å². The molecule has 3 rings (SSSR count). The van der Waals surface area contributed by atoms with Crippen molar-refractivity contribution < 1.29 is 18.1 Å². The van der Waals surface area contributed by atoms with E-state index in [-0.39, 0.29) is 5.41 Å². The lowest BCUT2D eigenvalue weighted by molar-refractivity contribution is -0.0841. The molecule has 3 heterocycles. The summed E-state index contributed by atoms with van der Waals surface area (Å²) < 4.78 is 25.8. The molecule has 0 aromatic heterocycles. The minimum absolute atomic E-state index is 0.0772. The van der Waals surface area contributed by atoms with Gasteiger partial charge in [0.15, 0.2) is 0 Å². The molecule has 58 valence electrons. The van der Waals surface area contributed by atoms with Crippen LogP contribution < -0.4 is 0 Å². The van der Waals surface area contributed by atoms with E-state index in [2.05, 4.69) is 0 Å². The van der Waals surface area contributed by atoms with Gasteiger partial charge in [-0.1, -0.05) is 6.92 Å². The first-order valence-electron chi connectivity index (χ1n) is 3.16. The number of rotatable bonds is 0.